The van der Waals surface area contributed by atoms with E-state index in [2.05, 4.69) is 22.5 Å². The summed E-state index contributed by atoms with van der Waals surface area (Å²) in [5, 5.41) is 24.8. The number of rotatable bonds is 11. The van der Waals surface area contributed by atoms with Crippen LogP contribution in [-0.4, -0.2) is 71.2 Å². The molecule has 0 atom stereocenters. The van der Waals surface area contributed by atoms with Crippen LogP contribution in [0.3, 0.4) is 0 Å². The second-order valence-electron chi connectivity index (χ2n) is 10.8. The lowest BCUT2D eigenvalue weighted by Crippen LogP contribution is -2.48. The fraction of sp³-hybridized carbons (Fsp3) is 0.333. The highest BCUT2D eigenvalue weighted by molar-refractivity contribution is 7.89. The lowest BCUT2D eigenvalue weighted by Gasteiger charge is -2.36. The Kier molecular flexibility index (Phi) is 10.8. The summed E-state index contributed by atoms with van der Waals surface area (Å²) < 4.78 is 47.2. The minimum absolute atomic E-state index is 0.0581. The molecule has 44 heavy (non-hydrogen) atoms. The zero-order valence-electron chi connectivity index (χ0n) is 24.6. The van der Waals surface area contributed by atoms with Crippen molar-refractivity contribution in [2.24, 2.45) is 10.3 Å². The zero-order chi connectivity index (χ0) is 31.9. The van der Waals surface area contributed by atoms with E-state index in [4.69, 9.17) is 15.7 Å². The van der Waals surface area contributed by atoms with Crippen LogP contribution < -0.4 is 20.9 Å². The quantitative estimate of drug-likeness (QED) is 0.120. The second-order valence-corrected chi connectivity index (χ2v) is 13.9. The molecule has 1 heterocycles. The normalized spacial score (nSPS) is 14.3. The summed E-state index contributed by atoms with van der Waals surface area (Å²) in [5.74, 6) is 0.400. The van der Waals surface area contributed by atoms with E-state index in [1.165, 1.54) is 49.6 Å². The van der Waals surface area contributed by atoms with Gasteiger partial charge in [0.25, 0.3) is 0 Å². The number of anilines is 2. The minimum atomic E-state index is -4.02. The van der Waals surface area contributed by atoms with Crippen LogP contribution in [0.2, 0.25) is 0 Å². The molecular formula is C30H39N7O5S2. The lowest BCUT2D eigenvalue weighted by atomic mass is 10.0. The van der Waals surface area contributed by atoms with Crippen molar-refractivity contribution < 1.29 is 21.6 Å². The number of carbonyl (C=O) groups excluding carboxylic acids is 1. The number of unbranched alkanes of at least 4 members (excludes halogenated alkanes) is 2. The Balaban J connectivity index is 1.44. The first kappa shape index (κ1) is 33.1. The molecule has 236 valence electrons. The molecule has 0 bridgehead atoms. The van der Waals surface area contributed by atoms with E-state index in [1.807, 2.05) is 11.0 Å². The van der Waals surface area contributed by atoms with Gasteiger partial charge in [-0.25, -0.2) is 31.9 Å². The van der Waals surface area contributed by atoms with Crippen molar-refractivity contribution in [1.82, 2.24) is 9.80 Å². The van der Waals surface area contributed by atoms with Crippen LogP contribution in [-0.2, 0) is 26.5 Å². The molecule has 12 nitrogen and oxygen atoms in total. The molecule has 0 spiro atoms. The first-order chi connectivity index (χ1) is 20.8. The van der Waals surface area contributed by atoms with Crippen molar-refractivity contribution in [3.63, 3.8) is 0 Å². The van der Waals surface area contributed by atoms with E-state index in [-0.39, 0.29) is 16.2 Å². The van der Waals surface area contributed by atoms with Gasteiger partial charge in [0.15, 0.2) is 0 Å². The van der Waals surface area contributed by atoms with E-state index < -0.39 is 26.1 Å². The average Bonchev–Trinajstić information content (AvgIpc) is 2.97. The number of hydrogen-bond acceptors (Lipinski definition) is 7. The van der Waals surface area contributed by atoms with Gasteiger partial charge in [0, 0.05) is 43.1 Å². The average molecular weight is 642 g/mol. The monoisotopic (exact) mass is 641 g/mol. The smallest absolute Gasteiger partial charge is 0.323 e. The summed E-state index contributed by atoms with van der Waals surface area (Å²) in [4.78, 5) is 17.3. The number of sulfonamides is 2. The maximum Gasteiger partial charge on any atom is 0.323 e. The number of primary sulfonamides is 2. The number of benzene rings is 3. The Morgan fingerprint density at radius 2 is 1.50 bits per heavy atom. The predicted octanol–water partition coefficient (Wildman–Crippen LogP) is 3.35. The molecule has 1 saturated heterocycles. The van der Waals surface area contributed by atoms with E-state index >= 15 is 0 Å². The fourth-order valence-electron chi connectivity index (χ4n) is 5.02. The van der Waals surface area contributed by atoms with E-state index in [0.717, 1.165) is 32.7 Å². The van der Waals surface area contributed by atoms with Crippen molar-refractivity contribution in [1.29, 1.82) is 5.41 Å². The number of nitrogens with two attached hydrogens (primary N) is 2. The van der Waals surface area contributed by atoms with Gasteiger partial charge in [-0.3, -0.25) is 10.3 Å². The fourth-order valence-corrected chi connectivity index (χ4v) is 6.10. The van der Waals surface area contributed by atoms with Gasteiger partial charge < -0.3 is 15.5 Å². The zero-order valence-corrected chi connectivity index (χ0v) is 26.3. The number of hydrogen-bond donors (Lipinski definition) is 5. The van der Waals surface area contributed by atoms with Gasteiger partial charge in [0.2, 0.25) is 20.0 Å². The second kappa shape index (κ2) is 14.3. The van der Waals surface area contributed by atoms with Gasteiger partial charge in [0.1, 0.15) is 5.84 Å². The third-order valence-electron chi connectivity index (χ3n) is 7.46. The van der Waals surface area contributed by atoms with Crippen molar-refractivity contribution >= 4 is 43.3 Å². The Labute approximate surface area is 259 Å². The summed E-state index contributed by atoms with van der Waals surface area (Å²) in [6.07, 6.45) is 3.78. The molecule has 4 rings (SSSR count). The van der Waals surface area contributed by atoms with Crippen molar-refractivity contribution in [2.45, 2.75) is 42.4 Å². The molecule has 3 aromatic carbocycles. The van der Waals surface area contributed by atoms with Crippen molar-refractivity contribution in [3.8, 4) is 0 Å². The largest absolute Gasteiger partial charge is 0.354 e. The van der Waals surface area contributed by atoms with Crippen LogP contribution in [0.25, 0.3) is 0 Å². The summed E-state index contributed by atoms with van der Waals surface area (Å²) in [5.41, 5.74) is 2.61. The first-order valence-corrected chi connectivity index (χ1v) is 17.4. The number of nitrogens with zero attached hydrogens (tertiary/aromatic N) is 2. The summed E-state index contributed by atoms with van der Waals surface area (Å²) in [6.45, 7) is 6.64. The van der Waals surface area contributed by atoms with Crippen LogP contribution in [0.5, 0.6) is 0 Å². The Hall–Kier alpha value is -3.82. The van der Waals surface area contributed by atoms with Crippen molar-refractivity contribution in [2.75, 3.05) is 43.4 Å². The molecule has 0 aromatic heterocycles. The molecule has 0 saturated carbocycles. The Morgan fingerprint density at radius 1 is 0.841 bits per heavy atom. The van der Waals surface area contributed by atoms with Crippen LogP contribution in [0.15, 0.2) is 76.5 Å². The number of amides is 2. The molecule has 3 aromatic rings. The van der Waals surface area contributed by atoms with Gasteiger partial charge in [-0.1, -0.05) is 44.0 Å². The van der Waals surface area contributed by atoms with Gasteiger partial charge in [0.05, 0.1) is 9.79 Å². The molecule has 0 unspecified atom stereocenters. The number of piperazine rings is 1. The molecule has 7 N–H and O–H groups in total. The number of nitrogens with one attached hydrogen (secondary N) is 3. The van der Waals surface area contributed by atoms with Gasteiger partial charge >= 0.3 is 6.03 Å². The molecule has 1 aliphatic heterocycles. The number of urea groups is 1. The third-order valence-corrected chi connectivity index (χ3v) is 9.30. The van der Waals surface area contributed by atoms with E-state index in [9.17, 15) is 21.6 Å². The van der Waals surface area contributed by atoms with Gasteiger partial charge in [-0.15, -0.1) is 0 Å². The van der Waals surface area contributed by atoms with Crippen LogP contribution in [0.4, 0.5) is 16.2 Å². The summed E-state index contributed by atoms with van der Waals surface area (Å²) >= 11 is 0. The van der Waals surface area contributed by atoms with Crippen molar-refractivity contribution in [3.05, 3.63) is 83.4 Å². The number of amidine groups is 1. The highest BCUT2D eigenvalue weighted by atomic mass is 32.2. The summed E-state index contributed by atoms with van der Waals surface area (Å²) in [7, 11) is -7.89. The highest BCUT2D eigenvalue weighted by Gasteiger charge is 2.20. The topological polar surface area (TPSA) is 192 Å². The minimum Gasteiger partial charge on any atom is -0.354 e. The van der Waals surface area contributed by atoms with Crippen LogP contribution in [0.1, 0.15) is 42.9 Å². The molecule has 2 amide bonds. The summed E-state index contributed by atoms with van der Waals surface area (Å²) in [6, 6.07) is 16.4. The molecule has 0 aliphatic carbocycles. The molecule has 1 fully saturated rings. The predicted molar refractivity (Wildman–Crippen MR) is 172 cm³/mol. The molecule has 14 heteroatoms. The van der Waals surface area contributed by atoms with Crippen LogP contribution >= 0.6 is 0 Å². The molecule has 0 radical (unpaired) electrons. The Bertz CT molecular complexity index is 1700. The lowest BCUT2D eigenvalue weighted by molar-refractivity contribution is 0.179. The van der Waals surface area contributed by atoms with E-state index in [1.54, 1.807) is 30.3 Å². The SMILES string of the molecule is CCCCCN1CCN(C(=N)c2cccc(NC(=O)Nc3ccc(S(N)(=O)=O)cc3Cc3ccc(S(N)(=O)=O)cc3)c2)CC1. The highest BCUT2D eigenvalue weighted by Crippen LogP contribution is 2.24. The van der Waals surface area contributed by atoms with Crippen LogP contribution in [0, 0.1) is 5.41 Å². The van der Waals surface area contributed by atoms with Gasteiger partial charge in [-0.05, 0) is 73.0 Å². The standard InChI is InChI=1S/C30H39N7O5S2/c1-2-3-4-14-36-15-17-37(18-16-36)29(31)23-6-5-7-25(20-23)34-30(38)35-28-13-12-27(44(33,41)42)21-24(28)19-22-8-10-26(11-9-22)43(32,39)40/h5-13,20-21,31H,2-4,14-19H2,1H3,(H2,32,39,40)(H2,33,41,42)(H2,34,35,38). The maximum atomic E-state index is 13.0. The molecule has 1 aliphatic rings. The number of carbonyl (C=O) groups is 1. The Morgan fingerprint density at radius 3 is 2.14 bits per heavy atom. The maximum absolute atomic E-state index is 13.0. The third kappa shape index (κ3) is 9.09. The molecular weight excluding hydrogens is 603 g/mol. The van der Waals surface area contributed by atoms with E-state index in [0.29, 0.717) is 33.9 Å². The van der Waals surface area contributed by atoms with Gasteiger partial charge in [-0.2, -0.15) is 0 Å². The first-order valence-electron chi connectivity index (χ1n) is 14.4.